The highest BCUT2D eigenvalue weighted by molar-refractivity contribution is 9.10. The Balaban J connectivity index is 2.94. The summed E-state index contributed by atoms with van der Waals surface area (Å²) < 4.78 is 40.1. The van der Waals surface area contributed by atoms with E-state index in [1.54, 1.807) is 0 Å². The summed E-state index contributed by atoms with van der Waals surface area (Å²) in [5, 5.41) is 8.41. The fraction of sp³-hybridized carbons (Fsp3) is 0.300. The summed E-state index contributed by atoms with van der Waals surface area (Å²) >= 11 is 8.76. The van der Waals surface area contributed by atoms with E-state index in [0.717, 1.165) is 16.4 Å². The second kappa shape index (κ2) is 6.70. The number of carboxylic acid groups (broad SMARTS) is 1. The third-order valence-electron chi connectivity index (χ3n) is 2.29. The largest absolute Gasteiger partial charge is 0.481 e. The van der Waals surface area contributed by atoms with Crippen molar-refractivity contribution in [3.63, 3.8) is 0 Å². The Morgan fingerprint density at radius 2 is 2.15 bits per heavy atom. The van der Waals surface area contributed by atoms with Crippen molar-refractivity contribution < 1.29 is 22.7 Å². The first-order valence-electron chi connectivity index (χ1n) is 5.24. The summed E-state index contributed by atoms with van der Waals surface area (Å²) in [7, 11) is -2.76. The molecule has 0 bridgehead atoms. The number of carboxylic acids is 1. The predicted octanol–water partition coefficient (Wildman–Crippen LogP) is 2.30. The van der Waals surface area contributed by atoms with Crippen LogP contribution in [0.25, 0.3) is 0 Å². The zero-order valence-corrected chi connectivity index (χ0v) is 13.4. The SMILES string of the molecule is CN(CCC(=O)O)S(=O)(=O)Nc1c(Cl)cc(F)cc1Br. The van der Waals surface area contributed by atoms with Gasteiger partial charge in [0.1, 0.15) is 5.82 Å². The van der Waals surface area contributed by atoms with Gasteiger partial charge in [0.25, 0.3) is 0 Å². The number of carbonyl (C=O) groups is 1. The van der Waals surface area contributed by atoms with Gasteiger partial charge in [-0.15, -0.1) is 0 Å². The van der Waals surface area contributed by atoms with Crippen molar-refractivity contribution in [2.75, 3.05) is 18.3 Å². The van der Waals surface area contributed by atoms with Gasteiger partial charge in [-0.3, -0.25) is 9.52 Å². The average Bonchev–Trinajstić information content (AvgIpc) is 2.30. The fourth-order valence-corrected chi connectivity index (χ4v) is 3.27. The van der Waals surface area contributed by atoms with Gasteiger partial charge in [-0.25, -0.2) is 4.39 Å². The predicted molar refractivity (Wildman–Crippen MR) is 76.5 cm³/mol. The number of rotatable bonds is 6. The first-order chi connectivity index (χ1) is 9.13. The molecule has 0 aliphatic carbocycles. The van der Waals surface area contributed by atoms with Crippen LogP contribution < -0.4 is 4.72 Å². The summed E-state index contributed by atoms with van der Waals surface area (Å²) in [6.45, 7) is -0.207. The molecule has 0 fully saturated rings. The summed E-state index contributed by atoms with van der Waals surface area (Å²) in [5.74, 6) is -1.74. The van der Waals surface area contributed by atoms with Gasteiger partial charge in [0.15, 0.2) is 0 Å². The molecule has 0 saturated heterocycles. The van der Waals surface area contributed by atoms with Crippen LogP contribution in [0.3, 0.4) is 0 Å². The number of hydrogen-bond donors (Lipinski definition) is 2. The summed E-state index contributed by atoms with van der Waals surface area (Å²) in [6.07, 6.45) is -0.338. The first kappa shape index (κ1) is 17.2. The molecule has 10 heteroatoms. The van der Waals surface area contributed by atoms with Crippen molar-refractivity contribution in [1.29, 1.82) is 0 Å². The van der Waals surface area contributed by atoms with E-state index in [2.05, 4.69) is 20.7 Å². The molecule has 0 aliphatic heterocycles. The number of benzene rings is 1. The van der Waals surface area contributed by atoms with E-state index in [9.17, 15) is 17.6 Å². The van der Waals surface area contributed by atoms with Crippen LogP contribution in [0.1, 0.15) is 6.42 Å². The molecule has 1 aromatic rings. The first-order valence-corrected chi connectivity index (χ1v) is 7.85. The molecule has 0 atom stereocenters. The van der Waals surface area contributed by atoms with Crippen LogP contribution >= 0.6 is 27.5 Å². The molecule has 0 amide bonds. The molecular formula is C10H11BrClFN2O4S. The van der Waals surface area contributed by atoms with Crippen molar-refractivity contribution in [2.24, 2.45) is 0 Å². The van der Waals surface area contributed by atoms with Gasteiger partial charge < -0.3 is 5.11 Å². The zero-order chi connectivity index (χ0) is 15.5. The minimum atomic E-state index is -3.98. The lowest BCUT2D eigenvalue weighted by atomic mass is 10.3. The van der Waals surface area contributed by atoms with Crippen molar-refractivity contribution in [1.82, 2.24) is 4.31 Å². The van der Waals surface area contributed by atoms with Crippen LogP contribution in [0.2, 0.25) is 5.02 Å². The zero-order valence-electron chi connectivity index (χ0n) is 10.2. The van der Waals surface area contributed by atoms with Crippen LogP contribution in [0.15, 0.2) is 16.6 Å². The van der Waals surface area contributed by atoms with Crippen LogP contribution in [0, 0.1) is 5.82 Å². The van der Waals surface area contributed by atoms with E-state index in [4.69, 9.17) is 16.7 Å². The Morgan fingerprint density at radius 1 is 1.55 bits per heavy atom. The standard InChI is InChI=1S/C10H11BrClFN2O4S/c1-15(3-2-9(16)17)20(18,19)14-10-7(11)4-6(13)5-8(10)12/h4-5,14H,2-3H2,1H3,(H,16,17). The Hall–Kier alpha value is -0.900. The summed E-state index contributed by atoms with van der Waals surface area (Å²) in [5.41, 5.74) is -0.0183. The highest BCUT2D eigenvalue weighted by Gasteiger charge is 2.21. The summed E-state index contributed by atoms with van der Waals surface area (Å²) in [4.78, 5) is 10.4. The maximum Gasteiger partial charge on any atom is 0.304 e. The quantitative estimate of drug-likeness (QED) is 0.781. The Morgan fingerprint density at radius 3 is 2.65 bits per heavy atom. The topological polar surface area (TPSA) is 86.7 Å². The molecule has 2 N–H and O–H groups in total. The third-order valence-corrected chi connectivity index (χ3v) is 4.68. The molecule has 0 heterocycles. The molecule has 112 valence electrons. The molecule has 20 heavy (non-hydrogen) atoms. The van der Waals surface area contributed by atoms with E-state index in [1.807, 2.05) is 0 Å². The highest BCUT2D eigenvalue weighted by atomic mass is 79.9. The third kappa shape index (κ3) is 4.58. The normalized spacial score (nSPS) is 11.7. The number of anilines is 1. The second-order valence-electron chi connectivity index (χ2n) is 3.82. The molecule has 0 radical (unpaired) electrons. The Kier molecular flexibility index (Phi) is 5.75. The van der Waals surface area contributed by atoms with E-state index < -0.39 is 22.0 Å². The van der Waals surface area contributed by atoms with Gasteiger partial charge in [-0.05, 0) is 28.1 Å². The van der Waals surface area contributed by atoms with Crippen LogP contribution in [0.4, 0.5) is 10.1 Å². The van der Waals surface area contributed by atoms with Crippen LogP contribution in [0.5, 0.6) is 0 Å². The molecule has 0 saturated carbocycles. The number of hydrogen-bond acceptors (Lipinski definition) is 3. The Labute approximate surface area is 128 Å². The van der Waals surface area contributed by atoms with Gasteiger partial charge in [0, 0.05) is 18.1 Å². The smallest absolute Gasteiger partial charge is 0.304 e. The van der Waals surface area contributed by atoms with Gasteiger partial charge >= 0.3 is 16.2 Å². The number of nitrogens with zero attached hydrogens (tertiary/aromatic N) is 1. The number of aliphatic carboxylic acids is 1. The van der Waals surface area contributed by atoms with E-state index >= 15 is 0 Å². The maximum absolute atomic E-state index is 13.0. The molecule has 0 aliphatic rings. The molecule has 1 aromatic carbocycles. The maximum atomic E-state index is 13.0. The summed E-state index contributed by atoms with van der Waals surface area (Å²) in [6, 6.07) is 2.02. The average molecular weight is 390 g/mol. The van der Waals surface area contributed by atoms with Gasteiger partial charge in [0.05, 0.1) is 17.1 Å². The van der Waals surface area contributed by atoms with Gasteiger partial charge in [-0.1, -0.05) is 11.6 Å². The Bertz CT molecular complexity index is 603. The number of halogens is 3. The van der Waals surface area contributed by atoms with E-state index in [0.29, 0.717) is 0 Å². The van der Waals surface area contributed by atoms with Crippen molar-refractivity contribution >= 4 is 49.4 Å². The molecule has 6 nitrogen and oxygen atoms in total. The van der Waals surface area contributed by atoms with Crippen molar-refractivity contribution in [3.8, 4) is 0 Å². The second-order valence-corrected chi connectivity index (χ2v) is 6.86. The molecular weight excluding hydrogens is 379 g/mol. The lowest BCUT2D eigenvalue weighted by Gasteiger charge is -2.18. The van der Waals surface area contributed by atoms with Crippen molar-refractivity contribution in [3.05, 3.63) is 27.4 Å². The monoisotopic (exact) mass is 388 g/mol. The van der Waals surface area contributed by atoms with E-state index in [-0.39, 0.29) is 28.1 Å². The van der Waals surface area contributed by atoms with Crippen LogP contribution in [-0.2, 0) is 15.0 Å². The molecule has 1 rings (SSSR count). The molecule has 0 aromatic heterocycles. The lowest BCUT2D eigenvalue weighted by molar-refractivity contribution is -0.137. The van der Waals surface area contributed by atoms with Gasteiger partial charge in [-0.2, -0.15) is 12.7 Å². The lowest BCUT2D eigenvalue weighted by Crippen LogP contribution is -2.34. The van der Waals surface area contributed by atoms with Gasteiger partial charge in [0.2, 0.25) is 0 Å². The fourth-order valence-electron chi connectivity index (χ4n) is 1.22. The van der Waals surface area contributed by atoms with Crippen LogP contribution in [-0.4, -0.2) is 37.4 Å². The molecule has 0 spiro atoms. The minimum absolute atomic E-state index is 0.0183. The molecule has 0 unspecified atom stereocenters. The van der Waals surface area contributed by atoms with E-state index in [1.165, 1.54) is 7.05 Å². The van der Waals surface area contributed by atoms with Crippen molar-refractivity contribution in [2.45, 2.75) is 6.42 Å². The number of nitrogens with one attached hydrogen (secondary N) is 1. The minimum Gasteiger partial charge on any atom is -0.481 e. The highest BCUT2D eigenvalue weighted by Crippen LogP contribution is 2.32.